The molecule has 9 heteroatoms. The molecule has 5 rings (SSSR count). The molecular formula is C25H35N5O4. The van der Waals surface area contributed by atoms with E-state index in [4.69, 9.17) is 0 Å². The van der Waals surface area contributed by atoms with Crippen molar-refractivity contribution in [1.82, 2.24) is 15.1 Å². The molecular weight excluding hydrogens is 434 g/mol. The van der Waals surface area contributed by atoms with Crippen LogP contribution < -0.4 is 10.2 Å². The predicted molar refractivity (Wildman–Crippen MR) is 129 cm³/mol. The minimum atomic E-state index is -0.370. The number of nitro groups is 1. The lowest BCUT2D eigenvalue weighted by Gasteiger charge is -2.49. The molecule has 2 unspecified atom stereocenters. The molecule has 1 saturated carbocycles. The second-order valence-electron chi connectivity index (χ2n) is 10.3. The van der Waals surface area contributed by atoms with E-state index in [0.29, 0.717) is 26.1 Å². The second-order valence-corrected chi connectivity index (χ2v) is 10.3. The summed E-state index contributed by atoms with van der Waals surface area (Å²) in [5.41, 5.74) is 1.93. The monoisotopic (exact) mass is 469 g/mol. The van der Waals surface area contributed by atoms with Crippen molar-refractivity contribution in [1.29, 1.82) is 0 Å². The van der Waals surface area contributed by atoms with E-state index in [2.05, 4.69) is 15.1 Å². The van der Waals surface area contributed by atoms with E-state index in [1.54, 1.807) is 12.1 Å². The highest BCUT2D eigenvalue weighted by Gasteiger charge is 2.43. The Labute approximate surface area is 200 Å². The largest absolute Gasteiger partial charge is 0.365 e. The number of amides is 2. The zero-order valence-corrected chi connectivity index (χ0v) is 19.8. The third-order valence-electron chi connectivity index (χ3n) is 8.10. The van der Waals surface area contributed by atoms with Gasteiger partial charge in [-0.2, -0.15) is 0 Å². The number of carbonyl (C=O) groups excluding carboxylic acids is 2. The number of nitrogens with one attached hydrogen (secondary N) is 1. The van der Waals surface area contributed by atoms with E-state index in [0.717, 1.165) is 69.4 Å². The summed E-state index contributed by atoms with van der Waals surface area (Å²) in [6.45, 7) is 4.19. The Balaban J connectivity index is 1.36. The number of rotatable bonds is 5. The molecule has 1 N–H and O–H groups in total. The Morgan fingerprint density at radius 1 is 1.03 bits per heavy atom. The van der Waals surface area contributed by atoms with Gasteiger partial charge in [0.15, 0.2) is 0 Å². The van der Waals surface area contributed by atoms with Gasteiger partial charge in [-0.3, -0.25) is 24.6 Å². The first-order chi connectivity index (χ1) is 16.5. The van der Waals surface area contributed by atoms with Crippen LogP contribution in [0.4, 0.5) is 11.4 Å². The van der Waals surface area contributed by atoms with Gasteiger partial charge >= 0.3 is 0 Å². The zero-order chi connectivity index (χ0) is 23.7. The van der Waals surface area contributed by atoms with Crippen LogP contribution in [0.25, 0.3) is 0 Å². The van der Waals surface area contributed by atoms with Gasteiger partial charge in [0.05, 0.1) is 23.4 Å². The van der Waals surface area contributed by atoms with Gasteiger partial charge in [-0.15, -0.1) is 0 Å². The Hall–Kier alpha value is -2.68. The summed E-state index contributed by atoms with van der Waals surface area (Å²) in [6.07, 6.45) is 8.20. The van der Waals surface area contributed by atoms with E-state index in [-0.39, 0.29) is 40.4 Å². The molecule has 2 saturated heterocycles. The number of piperazine rings is 1. The third-order valence-corrected chi connectivity index (χ3v) is 8.10. The third kappa shape index (κ3) is 4.76. The maximum atomic E-state index is 13.5. The van der Waals surface area contributed by atoms with Crippen LogP contribution in [0.5, 0.6) is 0 Å². The van der Waals surface area contributed by atoms with Gasteiger partial charge in [0.25, 0.3) is 5.69 Å². The molecule has 34 heavy (non-hydrogen) atoms. The molecule has 2 atom stereocenters. The summed E-state index contributed by atoms with van der Waals surface area (Å²) >= 11 is 0. The van der Waals surface area contributed by atoms with E-state index in [1.807, 2.05) is 11.0 Å². The van der Waals surface area contributed by atoms with Crippen molar-refractivity contribution in [2.75, 3.05) is 44.2 Å². The smallest absolute Gasteiger partial charge is 0.269 e. The molecule has 0 radical (unpaired) electrons. The van der Waals surface area contributed by atoms with Gasteiger partial charge in [-0.1, -0.05) is 19.3 Å². The van der Waals surface area contributed by atoms with Gasteiger partial charge < -0.3 is 15.1 Å². The molecule has 0 aromatic heterocycles. The van der Waals surface area contributed by atoms with Crippen LogP contribution in [-0.2, 0) is 16.0 Å². The van der Waals surface area contributed by atoms with Crippen LogP contribution >= 0.6 is 0 Å². The molecule has 4 aliphatic rings. The fourth-order valence-electron chi connectivity index (χ4n) is 6.24. The highest BCUT2D eigenvalue weighted by molar-refractivity contribution is 5.83. The number of fused-ring (bicyclic) bond motifs is 3. The minimum absolute atomic E-state index is 0.0438. The van der Waals surface area contributed by atoms with Gasteiger partial charge in [-0.05, 0) is 43.7 Å². The lowest BCUT2D eigenvalue weighted by atomic mass is 9.82. The van der Waals surface area contributed by atoms with Crippen LogP contribution in [0.15, 0.2) is 18.2 Å². The highest BCUT2D eigenvalue weighted by Crippen LogP contribution is 2.38. The molecule has 3 aliphatic heterocycles. The molecule has 0 spiro atoms. The summed E-state index contributed by atoms with van der Waals surface area (Å²) in [4.78, 5) is 43.7. The van der Waals surface area contributed by atoms with Crippen molar-refractivity contribution in [3.63, 3.8) is 0 Å². The molecule has 1 aliphatic carbocycles. The molecule has 2 amide bonds. The molecule has 3 fully saturated rings. The van der Waals surface area contributed by atoms with Crippen LogP contribution in [0.2, 0.25) is 0 Å². The van der Waals surface area contributed by atoms with Crippen molar-refractivity contribution < 1.29 is 14.5 Å². The fourth-order valence-corrected chi connectivity index (χ4v) is 6.24. The first-order valence-corrected chi connectivity index (χ1v) is 12.8. The van der Waals surface area contributed by atoms with Crippen LogP contribution in [0.1, 0.15) is 50.5 Å². The topological polar surface area (TPSA) is 99.0 Å². The van der Waals surface area contributed by atoms with Crippen molar-refractivity contribution in [2.45, 2.75) is 63.5 Å². The lowest BCUT2D eigenvalue weighted by Crippen LogP contribution is -2.62. The summed E-state index contributed by atoms with van der Waals surface area (Å²) in [6, 6.07) is 5.20. The number of anilines is 1. The Morgan fingerprint density at radius 2 is 1.79 bits per heavy atom. The second kappa shape index (κ2) is 9.90. The normalized spacial score (nSPS) is 25.5. The number of benzene rings is 1. The summed E-state index contributed by atoms with van der Waals surface area (Å²) < 4.78 is 0. The van der Waals surface area contributed by atoms with E-state index in [1.165, 1.54) is 6.42 Å². The van der Waals surface area contributed by atoms with Crippen LogP contribution in [0, 0.1) is 16.0 Å². The quantitative estimate of drug-likeness (QED) is 0.525. The molecule has 1 aromatic rings. The van der Waals surface area contributed by atoms with Crippen molar-refractivity contribution >= 4 is 23.2 Å². The standard InChI is InChI=1S/C25H35N5O4/c31-24(28-10-4-5-11-28)17-27-12-13-29-22-9-8-20(30(33)34)14-18(22)15-21(23(29)16-27)25(32)26-19-6-2-1-3-7-19/h8-9,14,19,21,23H,1-7,10-13,15-17H2,(H,26,32). The lowest BCUT2D eigenvalue weighted by molar-refractivity contribution is -0.384. The summed E-state index contributed by atoms with van der Waals surface area (Å²) in [7, 11) is 0. The molecule has 184 valence electrons. The maximum absolute atomic E-state index is 13.5. The average molecular weight is 470 g/mol. The minimum Gasteiger partial charge on any atom is -0.365 e. The molecule has 9 nitrogen and oxygen atoms in total. The maximum Gasteiger partial charge on any atom is 0.269 e. The number of carbonyl (C=O) groups is 2. The van der Waals surface area contributed by atoms with Crippen molar-refractivity contribution in [3.05, 3.63) is 33.9 Å². The molecule has 3 heterocycles. The van der Waals surface area contributed by atoms with Gasteiger partial charge in [0.2, 0.25) is 11.8 Å². The molecule has 1 aromatic carbocycles. The highest BCUT2D eigenvalue weighted by atomic mass is 16.6. The van der Waals surface area contributed by atoms with Gasteiger partial charge in [-0.25, -0.2) is 0 Å². The Kier molecular flexibility index (Phi) is 6.72. The van der Waals surface area contributed by atoms with E-state index in [9.17, 15) is 19.7 Å². The number of hydrogen-bond acceptors (Lipinski definition) is 6. The first kappa shape index (κ1) is 23.1. The van der Waals surface area contributed by atoms with Crippen molar-refractivity contribution in [2.24, 2.45) is 5.92 Å². The average Bonchev–Trinajstić information content (AvgIpc) is 3.39. The number of likely N-dealkylation sites (tertiary alicyclic amines) is 1. The van der Waals surface area contributed by atoms with Crippen LogP contribution in [-0.4, -0.2) is 77.9 Å². The number of hydrogen-bond donors (Lipinski definition) is 1. The Bertz CT molecular complexity index is 941. The van der Waals surface area contributed by atoms with Crippen LogP contribution in [0.3, 0.4) is 0 Å². The predicted octanol–water partition coefficient (Wildman–Crippen LogP) is 2.33. The number of non-ortho nitro benzene ring substituents is 1. The molecule has 0 bridgehead atoms. The zero-order valence-electron chi connectivity index (χ0n) is 19.8. The first-order valence-electron chi connectivity index (χ1n) is 12.8. The van der Waals surface area contributed by atoms with Gasteiger partial charge in [0.1, 0.15) is 0 Å². The van der Waals surface area contributed by atoms with E-state index >= 15 is 0 Å². The van der Waals surface area contributed by atoms with Gasteiger partial charge in [0, 0.05) is 56.6 Å². The Morgan fingerprint density at radius 3 is 2.53 bits per heavy atom. The van der Waals surface area contributed by atoms with E-state index < -0.39 is 0 Å². The number of nitrogens with zero attached hydrogens (tertiary/aromatic N) is 4. The summed E-state index contributed by atoms with van der Waals surface area (Å²) in [5.74, 6) is -0.0612. The SMILES string of the molecule is O=C(NC1CCCCC1)C1Cc2cc([N+](=O)[O-])ccc2N2CCN(CC(=O)N3CCCC3)CC12. The fraction of sp³-hybridized carbons (Fsp3) is 0.680. The number of nitro benzene ring substituents is 1. The van der Waals surface area contributed by atoms with Crippen molar-refractivity contribution in [3.8, 4) is 0 Å². The summed E-state index contributed by atoms with van der Waals surface area (Å²) in [5, 5.41) is 14.7.